The number of hydrogen-bond donors (Lipinski definition) is 2. The van der Waals surface area contributed by atoms with Gasteiger partial charge < -0.3 is 19.8 Å². The van der Waals surface area contributed by atoms with Gasteiger partial charge in [-0.2, -0.15) is 0 Å². The van der Waals surface area contributed by atoms with Gasteiger partial charge in [0.05, 0.1) is 23.9 Å². The number of ether oxygens (including phenoxy) is 1. The number of nitrogens with zero attached hydrogens (tertiary/aromatic N) is 1. The van der Waals surface area contributed by atoms with E-state index in [9.17, 15) is 9.90 Å². The van der Waals surface area contributed by atoms with Crippen LogP contribution in [-0.2, 0) is 4.74 Å². The van der Waals surface area contributed by atoms with E-state index in [1.807, 2.05) is 26.8 Å². The first kappa shape index (κ1) is 14.8. The number of aliphatic hydroxyl groups is 1. The Bertz CT molecular complexity index is 513. The van der Waals surface area contributed by atoms with Gasteiger partial charge in [0.15, 0.2) is 0 Å². The molecule has 0 bridgehead atoms. The van der Waals surface area contributed by atoms with Crippen LogP contribution in [0.3, 0.4) is 0 Å². The summed E-state index contributed by atoms with van der Waals surface area (Å²) in [6.07, 6.45) is -0.225. The van der Waals surface area contributed by atoms with E-state index in [2.05, 4.69) is 4.90 Å². The first-order valence-corrected chi connectivity index (χ1v) is 6.70. The van der Waals surface area contributed by atoms with Crippen molar-refractivity contribution < 1.29 is 19.7 Å². The lowest BCUT2D eigenvalue weighted by Gasteiger charge is -2.43. The molecule has 0 saturated carbocycles. The average molecular weight is 279 g/mol. The molecule has 2 rings (SSSR count). The fourth-order valence-corrected chi connectivity index (χ4v) is 2.72. The fraction of sp³-hybridized carbons (Fsp3) is 0.533. The highest BCUT2D eigenvalue weighted by Crippen LogP contribution is 2.28. The number of carbonyl (C=O) groups is 1. The lowest BCUT2D eigenvalue weighted by atomic mass is 10.0. The van der Waals surface area contributed by atoms with Gasteiger partial charge in [0, 0.05) is 18.8 Å². The van der Waals surface area contributed by atoms with E-state index in [0.717, 1.165) is 11.3 Å². The van der Waals surface area contributed by atoms with Crippen molar-refractivity contribution in [3.63, 3.8) is 0 Å². The highest BCUT2D eigenvalue weighted by atomic mass is 16.5. The third kappa shape index (κ3) is 3.11. The minimum absolute atomic E-state index is 0.0216. The average Bonchev–Trinajstić information content (AvgIpc) is 2.36. The van der Waals surface area contributed by atoms with Gasteiger partial charge in [-0.15, -0.1) is 0 Å². The molecule has 0 radical (unpaired) electrons. The molecule has 1 aromatic rings. The molecule has 0 aliphatic carbocycles. The molecule has 1 aliphatic rings. The summed E-state index contributed by atoms with van der Waals surface area (Å²) in [4.78, 5) is 13.1. The largest absolute Gasteiger partial charge is 0.478 e. The van der Waals surface area contributed by atoms with Crippen molar-refractivity contribution in [2.45, 2.75) is 32.5 Å². The Balaban J connectivity index is 2.28. The molecule has 0 amide bonds. The number of hydrogen-bond acceptors (Lipinski definition) is 4. The zero-order valence-corrected chi connectivity index (χ0v) is 12.1. The van der Waals surface area contributed by atoms with Gasteiger partial charge >= 0.3 is 5.97 Å². The summed E-state index contributed by atoms with van der Waals surface area (Å²) in [6.45, 7) is 7.17. The number of aryl methyl sites for hydroxylation is 1. The van der Waals surface area contributed by atoms with E-state index in [1.165, 1.54) is 0 Å². The quantitative estimate of drug-likeness (QED) is 0.880. The Kier molecular flexibility index (Phi) is 4.01. The molecule has 1 saturated heterocycles. The summed E-state index contributed by atoms with van der Waals surface area (Å²) in [7, 11) is 0. The Hall–Kier alpha value is -1.59. The molecule has 110 valence electrons. The first-order chi connectivity index (χ1) is 9.32. The summed E-state index contributed by atoms with van der Waals surface area (Å²) in [6, 6.07) is 5.11. The van der Waals surface area contributed by atoms with Crippen LogP contribution >= 0.6 is 0 Å². The number of carboxylic acids is 1. The van der Waals surface area contributed by atoms with Crippen LogP contribution in [-0.4, -0.2) is 47.6 Å². The van der Waals surface area contributed by atoms with Crippen molar-refractivity contribution in [3.05, 3.63) is 29.3 Å². The Morgan fingerprint density at radius 3 is 2.75 bits per heavy atom. The van der Waals surface area contributed by atoms with Gasteiger partial charge in [0.2, 0.25) is 0 Å². The molecule has 1 unspecified atom stereocenters. The van der Waals surface area contributed by atoms with Crippen LogP contribution in [0.5, 0.6) is 0 Å². The topological polar surface area (TPSA) is 70.0 Å². The molecule has 1 fully saturated rings. The molecule has 1 heterocycles. The monoisotopic (exact) mass is 279 g/mol. The van der Waals surface area contributed by atoms with E-state index in [1.54, 1.807) is 12.1 Å². The predicted octanol–water partition coefficient (Wildman–Crippen LogP) is 1.67. The smallest absolute Gasteiger partial charge is 0.335 e. The molecule has 5 nitrogen and oxygen atoms in total. The van der Waals surface area contributed by atoms with E-state index in [4.69, 9.17) is 9.84 Å². The van der Waals surface area contributed by atoms with Crippen molar-refractivity contribution in [1.29, 1.82) is 0 Å². The normalized spacial score (nSPS) is 21.8. The number of aromatic carboxylic acids is 1. The van der Waals surface area contributed by atoms with Gasteiger partial charge in [-0.1, -0.05) is 0 Å². The molecule has 1 aliphatic heterocycles. The number of anilines is 1. The van der Waals surface area contributed by atoms with Crippen molar-refractivity contribution >= 4 is 11.7 Å². The second-order valence-corrected chi connectivity index (χ2v) is 5.87. The van der Waals surface area contributed by atoms with Gasteiger partial charge in [-0.25, -0.2) is 4.79 Å². The van der Waals surface area contributed by atoms with Crippen molar-refractivity contribution in [2.24, 2.45) is 0 Å². The number of morpholine rings is 1. The molecule has 0 aromatic heterocycles. The van der Waals surface area contributed by atoms with E-state index in [-0.39, 0.29) is 23.9 Å². The van der Waals surface area contributed by atoms with E-state index >= 15 is 0 Å². The maximum absolute atomic E-state index is 11.0. The zero-order chi connectivity index (χ0) is 14.9. The summed E-state index contributed by atoms with van der Waals surface area (Å²) in [5.74, 6) is -0.921. The maximum Gasteiger partial charge on any atom is 0.335 e. The zero-order valence-electron chi connectivity index (χ0n) is 12.1. The minimum Gasteiger partial charge on any atom is -0.478 e. The summed E-state index contributed by atoms with van der Waals surface area (Å²) < 4.78 is 5.79. The Labute approximate surface area is 118 Å². The molecular weight excluding hydrogens is 258 g/mol. The lowest BCUT2D eigenvalue weighted by Crippen LogP contribution is -2.54. The van der Waals surface area contributed by atoms with Crippen LogP contribution in [0.25, 0.3) is 0 Å². The highest BCUT2D eigenvalue weighted by molar-refractivity contribution is 5.88. The minimum atomic E-state index is -0.921. The third-order valence-electron chi connectivity index (χ3n) is 3.47. The van der Waals surface area contributed by atoms with Crippen LogP contribution in [0.1, 0.15) is 29.8 Å². The van der Waals surface area contributed by atoms with E-state index in [0.29, 0.717) is 13.1 Å². The Morgan fingerprint density at radius 2 is 2.20 bits per heavy atom. The second-order valence-electron chi connectivity index (χ2n) is 5.87. The molecule has 0 spiro atoms. The van der Waals surface area contributed by atoms with Crippen LogP contribution in [0.4, 0.5) is 5.69 Å². The predicted molar refractivity (Wildman–Crippen MR) is 76.4 cm³/mol. The molecule has 5 heteroatoms. The van der Waals surface area contributed by atoms with Crippen molar-refractivity contribution in [2.75, 3.05) is 24.6 Å². The van der Waals surface area contributed by atoms with Crippen LogP contribution in [0.2, 0.25) is 0 Å². The van der Waals surface area contributed by atoms with Gasteiger partial charge in [-0.3, -0.25) is 0 Å². The van der Waals surface area contributed by atoms with Crippen LogP contribution in [0, 0.1) is 6.92 Å². The van der Waals surface area contributed by atoms with E-state index < -0.39 is 5.97 Å². The number of rotatable bonds is 3. The number of carboxylic acid groups (broad SMARTS) is 1. The molecule has 20 heavy (non-hydrogen) atoms. The first-order valence-electron chi connectivity index (χ1n) is 6.70. The maximum atomic E-state index is 11.0. The van der Waals surface area contributed by atoms with Crippen molar-refractivity contribution in [1.82, 2.24) is 0 Å². The lowest BCUT2D eigenvalue weighted by molar-refractivity contribution is -0.101. The number of aliphatic hydroxyl groups excluding tert-OH is 1. The van der Waals surface area contributed by atoms with Crippen LogP contribution in [0.15, 0.2) is 18.2 Å². The molecule has 1 atom stereocenters. The molecule has 1 aromatic carbocycles. The third-order valence-corrected chi connectivity index (χ3v) is 3.47. The van der Waals surface area contributed by atoms with Gasteiger partial charge in [0.1, 0.15) is 0 Å². The van der Waals surface area contributed by atoms with Gasteiger partial charge in [0.25, 0.3) is 0 Å². The van der Waals surface area contributed by atoms with Crippen molar-refractivity contribution in [3.8, 4) is 0 Å². The summed E-state index contributed by atoms with van der Waals surface area (Å²) >= 11 is 0. The number of benzene rings is 1. The fourth-order valence-electron chi connectivity index (χ4n) is 2.72. The second kappa shape index (κ2) is 5.42. The molecule has 2 N–H and O–H groups in total. The summed E-state index contributed by atoms with van der Waals surface area (Å²) in [5.41, 5.74) is 1.85. The summed E-state index contributed by atoms with van der Waals surface area (Å²) in [5, 5.41) is 18.4. The van der Waals surface area contributed by atoms with Gasteiger partial charge in [-0.05, 0) is 44.5 Å². The Morgan fingerprint density at radius 1 is 1.50 bits per heavy atom. The van der Waals surface area contributed by atoms with Crippen LogP contribution < -0.4 is 4.90 Å². The highest BCUT2D eigenvalue weighted by Gasteiger charge is 2.33. The SMILES string of the molecule is Cc1cc(C(=O)O)ccc1N1CC(CO)OC(C)(C)C1. The molecular formula is C15H21NO4. The standard InChI is InChI=1S/C15H21NO4/c1-10-6-11(14(18)19)4-5-13(10)16-7-12(8-17)20-15(2,3)9-16/h4-6,12,17H,7-9H2,1-3H3,(H,18,19).